The molecule has 3 unspecified atom stereocenters. The van der Waals surface area contributed by atoms with Crippen LogP contribution < -0.4 is 5.73 Å². The van der Waals surface area contributed by atoms with Gasteiger partial charge < -0.3 is 10.6 Å². The van der Waals surface area contributed by atoms with Gasteiger partial charge in [-0.05, 0) is 61.6 Å². The van der Waals surface area contributed by atoms with Gasteiger partial charge in [-0.3, -0.25) is 9.78 Å². The van der Waals surface area contributed by atoms with Gasteiger partial charge in [0.25, 0.3) is 0 Å². The molecule has 126 valence electrons. The van der Waals surface area contributed by atoms with Crippen molar-refractivity contribution in [1.29, 1.82) is 0 Å². The lowest BCUT2D eigenvalue weighted by Gasteiger charge is -2.44. The average Bonchev–Trinajstić information content (AvgIpc) is 2.55. The van der Waals surface area contributed by atoms with Crippen molar-refractivity contribution in [2.75, 3.05) is 7.05 Å². The highest BCUT2D eigenvalue weighted by Gasteiger charge is 2.41. The van der Waals surface area contributed by atoms with Crippen LogP contribution in [0.1, 0.15) is 57.1 Å². The number of nitrogens with zero attached hydrogens (tertiary/aromatic N) is 2. The molecule has 2 saturated carbocycles. The summed E-state index contributed by atoms with van der Waals surface area (Å²) < 4.78 is 0. The Hall–Kier alpha value is -1.42. The molecule has 2 aliphatic carbocycles. The van der Waals surface area contributed by atoms with Gasteiger partial charge in [0.05, 0.1) is 6.04 Å². The molecule has 1 aromatic rings. The van der Waals surface area contributed by atoms with E-state index in [-0.39, 0.29) is 12.0 Å². The van der Waals surface area contributed by atoms with Crippen LogP contribution in [0, 0.1) is 17.8 Å². The van der Waals surface area contributed by atoms with E-state index < -0.39 is 0 Å². The minimum atomic E-state index is 0.140. The van der Waals surface area contributed by atoms with Crippen LogP contribution in [0.4, 0.5) is 0 Å². The van der Waals surface area contributed by atoms with Crippen molar-refractivity contribution in [3.8, 4) is 0 Å². The molecule has 2 N–H and O–H groups in total. The standard InChI is InChI=1S/C19H29N3O/c1-3-17(13-7-9-21-10-8-13)22(2)19(23)16-11-14-5-4-6-15(12-16)18(14)20/h7-10,14-18H,3-6,11-12,20H2,1-2H3. The summed E-state index contributed by atoms with van der Waals surface area (Å²) in [4.78, 5) is 19.1. The molecule has 0 spiro atoms. The molecule has 2 bridgehead atoms. The van der Waals surface area contributed by atoms with Crippen LogP contribution in [0.15, 0.2) is 24.5 Å². The predicted molar refractivity (Wildman–Crippen MR) is 91.6 cm³/mol. The number of amides is 1. The van der Waals surface area contributed by atoms with Crippen molar-refractivity contribution in [3.63, 3.8) is 0 Å². The van der Waals surface area contributed by atoms with Gasteiger partial charge in [0, 0.05) is 31.4 Å². The fourth-order valence-corrected chi connectivity index (χ4v) is 4.75. The monoisotopic (exact) mass is 315 g/mol. The van der Waals surface area contributed by atoms with Crippen molar-refractivity contribution in [2.45, 2.75) is 57.5 Å². The molecule has 0 aliphatic heterocycles. The van der Waals surface area contributed by atoms with Crippen molar-refractivity contribution in [3.05, 3.63) is 30.1 Å². The summed E-state index contributed by atoms with van der Waals surface area (Å²) in [5, 5.41) is 0. The number of pyridine rings is 1. The smallest absolute Gasteiger partial charge is 0.225 e. The van der Waals surface area contributed by atoms with Gasteiger partial charge in [0.2, 0.25) is 5.91 Å². The van der Waals surface area contributed by atoms with Crippen molar-refractivity contribution >= 4 is 5.91 Å². The maximum absolute atomic E-state index is 13.1. The third-order valence-corrected chi connectivity index (χ3v) is 6.05. The van der Waals surface area contributed by atoms with Gasteiger partial charge in [-0.2, -0.15) is 0 Å². The number of hydrogen-bond donors (Lipinski definition) is 1. The molecular formula is C19H29N3O. The number of carbonyl (C=O) groups is 1. The van der Waals surface area contributed by atoms with E-state index in [0.29, 0.717) is 23.8 Å². The molecule has 0 saturated heterocycles. The van der Waals surface area contributed by atoms with E-state index in [2.05, 4.69) is 11.9 Å². The molecule has 4 nitrogen and oxygen atoms in total. The van der Waals surface area contributed by atoms with Crippen LogP contribution in [0.3, 0.4) is 0 Å². The third kappa shape index (κ3) is 3.27. The van der Waals surface area contributed by atoms with E-state index in [0.717, 1.165) is 19.3 Å². The molecule has 1 heterocycles. The second kappa shape index (κ2) is 7.00. The van der Waals surface area contributed by atoms with Gasteiger partial charge in [-0.1, -0.05) is 13.3 Å². The first kappa shape index (κ1) is 16.4. The minimum absolute atomic E-state index is 0.140. The number of nitrogens with two attached hydrogens (primary N) is 1. The van der Waals surface area contributed by atoms with Crippen LogP contribution in [-0.2, 0) is 4.79 Å². The van der Waals surface area contributed by atoms with Crippen molar-refractivity contribution < 1.29 is 4.79 Å². The molecule has 0 radical (unpaired) electrons. The summed E-state index contributed by atoms with van der Waals surface area (Å²) in [5.74, 6) is 1.56. The van der Waals surface area contributed by atoms with E-state index in [4.69, 9.17) is 5.73 Å². The highest BCUT2D eigenvalue weighted by atomic mass is 16.2. The van der Waals surface area contributed by atoms with Gasteiger partial charge in [0.15, 0.2) is 0 Å². The summed E-state index contributed by atoms with van der Waals surface area (Å²) in [7, 11) is 1.96. The van der Waals surface area contributed by atoms with Crippen LogP contribution in [0.25, 0.3) is 0 Å². The molecule has 2 fully saturated rings. The summed E-state index contributed by atoms with van der Waals surface area (Å²) in [6.07, 6.45) is 10.2. The fourth-order valence-electron chi connectivity index (χ4n) is 4.75. The first-order valence-electron chi connectivity index (χ1n) is 9.04. The number of hydrogen-bond acceptors (Lipinski definition) is 3. The summed E-state index contributed by atoms with van der Waals surface area (Å²) >= 11 is 0. The van der Waals surface area contributed by atoms with E-state index in [1.54, 1.807) is 12.4 Å². The van der Waals surface area contributed by atoms with Gasteiger partial charge in [-0.15, -0.1) is 0 Å². The molecule has 3 rings (SSSR count). The zero-order valence-electron chi connectivity index (χ0n) is 14.3. The van der Waals surface area contributed by atoms with Gasteiger partial charge in [0.1, 0.15) is 0 Å². The second-order valence-corrected chi connectivity index (χ2v) is 7.35. The maximum Gasteiger partial charge on any atom is 0.225 e. The Kier molecular flexibility index (Phi) is 5.00. The molecule has 1 aromatic heterocycles. The number of rotatable bonds is 4. The van der Waals surface area contributed by atoms with E-state index >= 15 is 0 Å². The lowest BCUT2D eigenvalue weighted by molar-refractivity contribution is -0.139. The quantitative estimate of drug-likeness (QED) is 0.928. The Morgan fingerprint density at radius 3 is 2.48 bits per heavy atom. The number of fused-ring (bicyclic) bond motifs is 2. The first-order chi connectivity index (χ1) is 11.1. The number of carbonyl (C=O) groups excluding carboxylic acids is 1. The lowest BCUT2D eigenvalue weighted by Crippen LogP contribution is -2.49. The largest absolute Gasteiger partial charge is 0.338 e. The maximum atomic E-state index is 13.1. The number of aromatic nitrogens is 1. The molecule has 1 amide bonds. The third-order valence-electron chi connectivity index (χ3n) is 6.05. The van der Waals surface area contributed by atoms with E-state index in [1.165, 1.54) is 24.8 Å². The Labute approximate surface area is 139 Å². The highest BCUT2D eigenvalue weighted by Crippen LogP contribution is 2.43. The summed E-state index contributed by atoms with van der Waals surface area (Å²) in [5.41, 5.74) is 7.54. The molecular weight excluding hydrogens is 286 g/mol. The molecule has 2 aliphatic rings. The zero-order chi connectivity index (χ0) is 16.4. The highest BCUT2D eigenvalue weighted by molar-refractivity contribution is 5.79. The van der Waals surface area contributed by atoms with Crippen LogP contribution in [0.2, 0.25) is 0 Å². The van der Waals surface area contributed by atoms with E-state index in [1.807, 2.05) is 24.1 Å². The Morgan fingerprint density at radius 2 is 1.91 bits per heavy atom. The molecule has 23 heavy (non-hydrogen) atoms. The average molecular weight is 315 g/mol. The van der Waals surface area contributed by atoms with Gasteiger partial charge in [-0.25, -0.2) is 0 Å². The molecule has 0 aromatic carbocycles. The minimum Gasteiger partial charge on any atom is -0.338 e. The normalized spacial score (nSPS) is 31.4. The second-order valence-electron chi connectivity index (χ2n) is 7.35. The summed E-state index contributed by atoms with van der Waals surface area (Å²) in [6.45, 7) is 2.14. The van der Waals surface area contributed by atoms with Crippen molar-refractivity contribution in [1.82, 2.24) is 9.88 Å². The topological polar surface area (TPSA) is 59.2 Å². The Morgan fingerprint density at radius 1 is 1.30 bits per heavy atom. The summed E-state index contributed by atoms with van der Waals surface area (Å²) in [6, 6.07) is 4.49. The zero-order valence-corrected chi connectivity index (χ0v) is 14.3. The van der Waals surface area contributed by atoms with Crippen LogP contribution in [-0.4, -0.2) is 28.9 Å². The van der Waals surface area contributed by atoms with Gasteiger partial charge >= 0.3 is 0 Å². The SMILES string of the molecule is CCC(c1ccncc1)N(C)C(=O)C1CC2CCCC(C1)C2N. The first-order valence-corrected chi connectivity index (χ1v) is 9.04. The van der Waals surface area contributed by atoms with Crippen LogP contribution >= 0.6 is 0 Å². The van der Waals surface area contributed by atoms with E-state index in [9.17, 15) is 4.79 Å². The Bertz CT molecular complexity index is 519. The fraction of sp³-hybridized carbons (Fsp3) is 0.684. The van der Waals surface area contributed by atoms with Crippen molar-refractivity contribution in [2.24, 2.45) is 23.5 Å². The lowest BCUT2D eigenvalue weighted by atomic mass is 9.65. The van der Waals surface area contributed by atoms with Crippen LogP contribution in [0.5, 0.6) is 0 Å². The molecule has 3 atom stereocenters. The predicted octanol–water partition coefficient (Wildman–Crippen LogP) is 3.14. The Balaban J connectivity index is 1.72. The molecule has 4 heteroatoms.